The number of likely N-dealkylation sites (tertiary alicyclic amines) is 1. The zero-order valence-corrected chi connectivity index (χ0v) is 13.5. The summed E-state index contributed by atoms with van der Waals surface area (Å²) in [6.07, 6.45) is 3.67. The molecular weight excluding hydrogens is 297 g/mol. The van der Waals surface area contributed by atoms with E-state index in [0.717, 1.165) is 31.6 Å². The van der Waals surface area contributed by atoms with Crippen LogP contribution in [0, 0.1) is 12.8 Å². The molecule has 0 bridgehead atoms. The van der Waals surface area contributed by atoms with E-state index in [1.165, 1.54) is 0 Å². The Hall–Kier alpha value is -0.840. The van der Waals surface area contributed by atoms with Crippen LogP contribution in [0.5, 0.6) is 0 Å². The molecule has 1 unspecified atom stereocenters. The molecule has 0 aliphatic carbocycles. The molecule has 6 heteroatoms. The van der Waals surface area contributed by atoms with Crippen LogP contribution in [-0.2, 0) is 0 Å². The normalized spacial score (nSPS) is 16.9. The van der Waals surface area contributed by atoms with Gasteiger partial charge in [-0.15, -0.1) is 24.8 Å². The maximum Gasteiger partial charge on any atom is 0.255 e. The summed E-state index contributed by atoms with van der Waals surface area (Å²) in [5.41, 5.74) is 7.52. The standard InChI is InChI=1S/C14H21N3O.2ClH/c1-10-3-4-13(9-16-10)14(18)17-7-5-12(6-8-17)11(2)15;;/h3-4,9,11-12H,5-8,15H2,1-2H3;2*1H. The number of aromatic nitrogens is 1. The van der Waals surface area contributed by atoms with Gasteiger partial charge in [0, 0.05) is 31.0 Å². The highest BCUT2D eigenvalue weighted by molar-refractivity contribution is 5.94. The summed E-state index contributed by atoms with van der Waals surface area (Å²) in [7, 11) is 0. The number of pyridine rings is 1. The number of rotatable bonds is 2. The Balaban J connectivity index is 0.00000180. The highest BCUT2D eigenvalue weighted by atomic mass is 35.5. The summed E-state index contributed by atoms with van der Waals surface area (Å²) in [6.45, 7) is 5.58. The molecule has 2 rings (SSSR count). The van der Waals surface area contributed by atoms with E-state index in [4.69, 9.17) is 5.73 Å². The number of nitrogens with zero attached hydrogens (tertiary/aromatic N) is 2. The molecule has 0 radical (unpaired) electrons. The van der Waals surface area contributed by atoms with E-state index in [9.17, 15) is 4.79 Å². The van der Waals surface area contributed by atoms with Gasteiger partial charge in [-0.05, 0) is 44.7 Å². The number of aryl methyl sites for hydroxylation is 1. The fourth-order valence-electron chi connectivity index (χ4n) is 2.41. The summed E-state index contributed by atoms with van der Waals surface area (Å²) in [4.78, 5) is 18.3. The molecule has 0 saturated carbocycles. The zero-order chi connectivity index (χ0) is 13.1. The van der Waals surface area contributed by atoms with Gasteiger partial charge in [-0.25, -0.2) is 0 Å². The van der Waals surface area contributed by atoms with Crippen LogP contribution in [0.3, 0.4) is 0 Å². The van der Waals surface area contributed by atoms with Crippen LogP contribution in [0.4, 0.5) is 0 Å². The lowest BCUT2D eigenvalue weighted by Crippen LogP contribution is -2.42. The van der Waals surface area contributed by atoms with Crippen LogP contribution in [0.1, 0.15) is 35.8 Å². The van der Waals surface area contributed by atoms with Crippen LogP contribution in [0.25, 0.3) is 0 Å². The summed E-state index contributed by atoms with van der Waals surface area (Å²) in [5.74, 6) is 0.635. The molecule has 2 heterocycles. The first-order valence-electron chi connectivity index (χ1n) is 6.55. The summed E-state index contributed by atoms with van der Waals surface area (Å²) >= 11 is 0. The van der Waals surface area contributed by atoms with Crippen molar-refractivity contribution in [1.29, 1.82) is 0 Å². The minimum atomic E-state index is 0. The Labute approximate surface area is 132 Å². The summed E-state index contributed by atoms with van der Waals surface area (Å²) in [6, 6.07) is 3.95. The zero-order valence-electron chi connectivity index (χ0n) is 11.9. The number of amides is 1. The maximum absolute atomic E-state index is 12.2. The highest BCUT2D eigenvalue weighted by Crippen LogP contribution is 2.20. The van der Waals surface area contributed by atoms with Crippen molar-refractivity contribution in [1.82, 2.24) is 9.88 Å². The third kappa shape index (κ3) is 4.62. The first kappa shape index (κ1) is 19.2. The van der Waals surface area contributed by atoms with Crippen molar-refractivity contribution in [3.05, 3.63) is 29.6 Å². The van der Waals surface area contributed by atoms with E-state index in [-0.39, 0.29) is 36.8 Å². The molecule has 20 heavy (non-hydrogen) atoms. The fraction of sp³-hybridized carbons (Fsp3) is 0.571. The van der Waals surface area contributed by atoms with Crippen molar-refractivity contribution in [2.45, 2.75) is 32.7 Å². The lowest BCUT2D eigenvalue weighted by atomic mass is 9.91. The number of piperidine rings is 1. The molecule has 1 amide bonds. The molecule has 114 valence electrons. The molecular formula is C14H23Cl2N3O. The van der Waals surface area contributed by atoms with Crippen LogP contribution < -0.4 is 5.73 Å². The highest BCUT2D eigenvalue weighted by Gasteiger charge is 2.25. The number of nitrogens with two attached hydrogens (primary N) is 1. The fourth-order valence-corrected chi connectivity index (χ4v) is 2.41. The first-order chi connectivity index (χ1) is 8.58. The number of carbonyl (C=O) groups excluding carboxylic acids is 1. The molecule has 1 aromatic rings. The Morgan fingerprint density at radius 2 is 1.95 bits per heavy atom. The average molecular weight is 320 g/mol. The number of hydrogen-bond donors (Lipinski definition) is 1. The minimum absolute atomic E-state index is 0. The lowest BCUT2D eigenvalue weighted by molar-refractivity contribution is 0.0680. The minimum Gasteiger partial charge on any atom is -0.339 e. The van der Waals surface area contributed by atoms with Gasteiger partial charge in [0.05, 0.1) is 5.56 Å². The van der Waals surface area contributed by atoms with E-state index in [1.54, 1.807) is 6.20 Å². The number of halogens is 2. The topological polar surface area (TPSA) is 59.2 Å². The van der Waals surface area contributed by atoms with Crippen LogP contribution in [0.15, 0.2) is 18.3 Å². The van der Waals surface area contributed by atoms with Gasteiger partial charge < -0.3 is 10.6 Å². The molecule has 1 aliphatic rings. The average Bonchev–Trinajstić information content (AvgIpc) is 2.39. The number of carbonyl (C=O) groups is 1. The van der Waals surface area contributed by atoms with Crippen molar-refractivity contribution in [3.63, 3.8) is 0 Å². The molecule has 1 fully saturated rings. The third-order valence-corrected chi connectivity index (χ3v) is 3.73. The van der Waals surface area contributed by atoms with Gasteiger partial charge in [0.15, 0.2) is 0 Å². The first-order valence-corrected chi connectivity index (χ1v) is 6.55. The van der Waals surface area contributed by atoms with E-state index in [0.29, 0.717) is 11.5 Å². The summed E-state index contributed by atoms with van der Waals surface area (Å²) < 4.78 is 0. The molecule has 1 atom stereocenters. The maximum atomic E-state index is 12.2. The SMILES string of the molecule is Cc1ccc(C(=O)N2CCC(C(C)N)CC2)cn1.Cl.Cl. The van der Waals surface area contributed by atoms with Gasteiger partial charge in [0.2, 0.25) is 0 Å². The van der Waals surface area contributed by atoms with Crippen molar-refractivity contribution < 1.29 is 4.79 Å². The van der Waals surface area contributed by atoms with Gasteiger partial charge >= 0.3 is 0 Å². The predicted molar refractivity (Wildman–Crippen MR) is 85.7 cm³/mol. The quantitative estimate of drug-likeness (QED) is 0.910. The summed E-state index contributed by atoms with van der Waals surface area (Å²) in [5, 5.41) is 0. The second-order valence-corrected chi connectivity index (χ2v) is 5.18. The molecule has 1 saturated heterocycles. The van der Waals surface area contributed by atoms with Gasteiger partial charge in [-0.3, -0.25) is 9.78 Å². The molecule has 2 N–H and O–H groups in total. The lowest BCUT2D eigenvalue weighted by Gasteiger charge is -2.33. The van der Waals surface area contributed by atoms with Crippen molar-refractivity contribution in [2.24, 2.45) is 11.7 Å². The van der Waals surface area contributed by atoms with E-state index < -0.39 is 0 Å². The Morgan fingerprint density at radius 1 is 1.35 bits per heavy atom. The van der Waals surface area contributed by atoms with Crippen molar-refractivity contribution >= 4 is 30.7 Å². The monoisotopic (exact) mass is 319 g/mol. The largest absolute Gasteiger partial charge is 0.339 e. The van der Waals surface area contributed by atoms with Crippen molar-refractivity contribution in [2.75, 3.05) is 13.1 Å². The second-order valence-electron chi connectivity index (χ2n) is 5.18. The van der Waals surface area contributed by atoms with Gasteiger partial charge in [0.25, 0.3) is 5.91 Å². The smallest absolute Gasteiger partial charge is 0.255 e. The van der Waals surface area contributed by atoms with Gasteiger partial charge in [0.1, 0.15) is 0 Å². The molecule has 0 aromatic carbocycles. The van der Waals surface area contributed by atoms with Gasteiger partial charge in [-0.2, -0.15) is 0 Å². The molecule has 1 aliphatic heterocycles. The third-order valence-electron chi connectivity index (χ3n) is 3.73. The van der Waals surface area contributed by atoms with Crippen LogP contribution >= 0.6 is 24.8 Å². The molecule has 1 aromatic heterocycles. The Kier molecular flexibility index (Phi) is 8.09. The molecule has 4 nitrogen and oxygen atoms in total. The van der Waals surface area contributed by atoms with Crippen molar-refractivity contribution in [3.8, 4) is 0 Å². The predicted octanol–water partition coefficient (Wildman–Crippen LogP) is 2.43. The Bertz CT molecular complexity index is 415. The number of hydrogen-bond acceptors (Lipinski definition) is 3. The van der Waals surface area contributed by atoms with E-state index >= 15 is 0 Å². The van der Waals surface area contributed by atoms with Gasteiger partial charge in [-0.1, -0.05) is 0 Å². The van der Waals surface area contributed by atoms with Crippen LogP contribution in [-0.4, -0.2) is 34.9 Å². The van der Waals surface area contributed by atoms with Crippen LogP contribution in [0.2, 0.25) is 0 Å². The van der Waals surface area contributed by atoms with E-state index in [2.05, 4.69) is 4.98 Å². The molecule has 0 spiro atoms. The Morgan fingerprint density at radius 3 is 2.40 bits per heavy atom. The van der Waals surface area contributed by atoms with E-state index in [1.807, 2.05) is 30.9 Å². The second kappa shape index (κ2) is 8.45.